The molecule has 1 aromatic heterocycles. The van der Waals surface area contributed by atoms with E-state index in [-0.39, 0.29) is 10.9 Å². The molecule has 1 aliphatic heterocycles. The van der Waals surface area contributed by atoms with Crippen LogP contribution in [-0.2, 0) is 15.9 Å². The molecule has 0 radical (unpaired) electrons. The second kappa shape index (κ2) is 5.42. The van der Waals surface area contributed by atoms with Crippen molar-refractivity contribution in [2.75, 3.05) is 13.1 Å². The summed E-state index contributed by atoms with van der Waals surface area (Å²) in [5, 5.41) is 6.73. The molecule has 1 saturated heterocycles. The van der Waals surface area contributed by atoms with Crippen molar-refractivity contribution >= 4 is 21.6 Å². The highest BCUT2D eigenvalue weighted by atomic mass is 35.5. The van der Waals surface area contributed by atoms with E-state index in [9.17, 15) is 8.42 Å². The SMILES string of the molecule is Cc1[nH]nc(S(=O)(=O)N2CCC(C(C)C)C2)c1CCl. The molecule has 19 heavy (non-hydrogen) atoms. The molecule has 1 aromatic rings. The minimum Gasteiger partial charge on any atom is -0.281 e. The van der Waals surface area contributed by atoms with Crippen LogP contribution in [0.4, 0.5) is 0 Å². The van der Waals surface area contributed by atoms with Crippen LogP contribution in [-0.4, -0.2) is 36.0 Å². The van der Waals surface area contributed by atoms with Crippen LogP contribution in [0.5, 0.6) is 0 Å². The maximum Gasteiger partial charge on any atom is 0.262 e. The Morgan fingerprint density at radius 3 is 2.74 bits per heavy atom. The Morgan fingerprint density at radius 1 is 1.53 bits per heavy atom. The number of sulfonamides is 1. The number of nitrogens with zero attached hydrogens (tertiary/aromatic N) is 2. The second-order valence-corrected chi connectivity index (χ2v) is 7.54. The molecule has 1 atom stereocenters. The first-order chi connectivity index (χ1) is 8.87. The van der Waals surface area contributed by atoms with Gasteiger partial charge in [-0.05, 0) is 25.2 Å². The Morgan fingerprint density at radius 2 is 2.21 bits per heavy atom. The second-order valence-electron chi connectivity index (χ2n) is 5.42. The summed E-state index contributed by atoms with van der Waals surface area (Å²) < 4.78 is 26.7. The highest BCUT2D eigenvalue weighted by Gasteiger charge is 2.36. The smallest absolute Gasteiger partial charge is 0.262 e. The quantitative estimate of drug-likeness (QED) is 0.867. The van der Waals surface area contributed by atoms with Crippen LogP contribution in [0.25, 0.3) is 0 Å². The molecule has 0 amide bonds. The number of aryl methyl sites for hydroxylation is 1. The predicted molar refractivity (Wildman–Crippen MR) is 74.6 cm³/mol. The summed E-state index contributed by atoms with van der Waals surface area (Å²) in [5.74, 6) is 1.07. The molecular weight excluding hydrogens is 286 g/mol. The van der Waals surface area contributed by atoms with E-state index < -0.39 is 10.0 Å². The molecule has 1 N–H and O–H groups in total. The van der Waals surface area contributed by atoms with Gasteiger partial charge in [0.05, 0.1) is 5.88 Å². The first kappa shape index (κ1) is 14.8. The van der Waals surface area contributed by atoms with Crippen molar-refractivity contribution in [3.8, 4) is 0 Å². The van der Waals surface area contributed by atoms with Gasteiger partial charge in [-0.25, -0.2) is 8.42 Å². The number of nitrogens with one attached hydrogen (secondary N) is 1. The summed E-state index contributed by atoms with van der Waals surface area (Å²) >= 11 is 5.83. The van der Waals surface area contributed by atoms with Crippen LogP contribution in [0, 0.1) is 18.8 Å². The van der Waals surface area contributed by atoms with Crippen molar-refractivity contribution < 1.29 is 8.42 Å². The molecule has 0 aliphatic carbocycles. The molecule has 1 aliphatic rings. The van der Waals surface area contributed by atoms with Crippen LogP contribution in [0.3, 0.4) is 0 Å². The maximum absolute atomic E-state index is 12.6. The monoisotopic (exact) mass is 305 g/mol. The van der Waals surface area contributed by atoms with Crippen LogP contribution >= 0.6 is 11.6 Å². The summed E-state index contributed by atoms with van der Waals surface area (Å²) in [6.45, 7) is 7.18. The van der Waals surface area contributed by atoms with Crippen molar-refractivity contribution in [1.82, 2.24) is 14.5 Å². The van der Waals surface area contributed by atoms with Crippen molar-refractivity contribution in [3.63, 3.8) is 0 Å². The molecule has 1 fully saturated rings. The third-order valence-electron chi connectivity index (χ3n) is 3.88. The van der Waals surface area contributed by atoms with Gasteiger partial charge in [0.1, 0.15) is 0 Å². The zero-order valence-electron chi connectivity index (χ0n) is 11.5. The number of H-pyrrole nitrogens is 1. The van der Waals surface area contributed by atoms with E-state index in [2.05, 4.69) is 24.0 Å². The summed E-state index contributed by atoms with van der Waals surface area (Å²) in [7, 11) is -3.52. The lowest BCUT2D eigenvalue weighted by atomic mass is 9.96. The van der Waals surface area contributed by atoms with E-state index in [1.807, 2.05) is 0 Å². The zero-order valence-corrected chi connectivity index (χ0v) is 13.1. The number of hydrogen-bond acceptors (Lipinski definition) is 3. The molecule has 0 aromatic carbocycles. The van der Waals surface area contributed by atoms with Gasteiger partial charge in [0.25, 0.3) is 10.0 Å². The lowest BCUT2D eigenvalue weighted by Gasteiger charge is -2.17. The number of rotatable bonds is 4. The molecule has 2 heterocycles. The van der Waals surface area contributed by atoms with Gasteiger partial charge < -0.3 is 0 Å². The molecule has 108 valence electrons. The van der Waals surface area contributed by atoms with Crippen molar-refractivity contribution in [2.45, 2.75) is 38.1 Å². The summed E-state index contributed by atoms with van der Waals surface area (Å²) in [6.07, 6.45) is 0.913. The van der Waals surface area contributed by atoms with Gasteiger partial charge in [-0.2, -0.15) is 9.40 Å². The Labute approximate surface area is 119 Å². The number of hydrogen-bond donors (Lipinski definition) is 1. The predicted octanol–water partition coefficient (Wildman–Crippen LogP) is 2.12. The molecule has 2 rings (SSSR count). The fourth-order valence-electron chi connectivity index (χ4n) is 2.44. The van der Waals surface area contributed by atoms with Gasteiger partial charge >= 0.3 is 0 Å². The highest BCUT2D eigenvalue weighted by Crippen LogP contribution is 2.30. The number of aromatic nitrogens is 2. The van der Waals surface area contributed by atoms with Gasteiger partial charge in [-0.15, -0.1) is 11.6 Å². The number of alkyl halides is 1. The van der Waals surface area contributed by atoms with Gasteiger partial charge in [-0.3, -0.25) is 5.10 Å². The van der Waals surface area contributed by atoms with Crippen molar-refractivity contribution in [2.24, 2.45) is 11.8 Å². The maximum atomic E-state index is 12.6. The fourth-order valence-corrected chi connectivity index (χ4v) is 4.52. The Hall–Kier alpha value is -0.590. The normalized spacial score (nSPS) is 21.4. The Bertz CT molecular complexity index is 553. The minimum atomic E-state index is -3.52. The highest BCUT2D eigenvalue weighted by molar-refractivity contribution is 7.89. The average molecular weight is 306 g/mol. The minimum absolute atomic E-state index is 0.0874. The lowest BCUT2D eigenvalue weighted by Crippen LogP contribution is -2.30. The molecule has 0 saturated carbocycles. The zero-order chi connectivity index (χ0) is 14.2. The van der Waals surface area contributed by atoms with E-state index in [0.717, 1.165) is 6.42 Å². The number of aromatic amines is 1. The van der Waals surface area contributed by atoms with Gasteiger partial charge in [0.15, 0.2) is 5.03 Å². The van der Waals surface area contributed by atoms with Crippen molar-refractivity contribution in [1.29, 1.82) is 0 Å². The summed E-state index contributed by atoms with van der Waals surface area (Å²) in [4.78, 5) is 0. The number of halogens is 1. The molecule has 1 unspecified atom stereocenters. The third kappa shape index (κ3) is 2.66. The molecule has 0 spiro atoms. The molecule has 5 nitrogen and oxygen atoms in total. The van der Waals surface area contributed by atoms with E-state index >= 15 is 0 Å². The van der Waals surface area contributed by atoms with Gasteiger partial charge in [0, 0.05) is 24.3 Å². The Balaban J connectivity index is 2.29. The van der Waals surface area contributed by atoms with Gasteiger partial charge in [-0.1, -0.05) is 13.8 Å². The van der Waals surface area contributed by atoms with Crippen LogP contribution < -0.4 is 0 Å². The first-order valence-electron chi connectivity index (χ1n) is 6.48. The average Bonchev–Trinajstić information content (AvgIpc) is 2.95. The molecule has 0 bridgehead atoms. The summed E-state index contributed by atoms with van der Waals surface area (Å²) in [6, 6.07) is 0. The van der Waals surface area contributed by atoms with E-state index in [4.69, 9.17) is 11.6 Å². The topological polar surface area (TPSA) is 66.1 Å². The van der Waals surface area contributed by atoms with Gasteiger partial charge in [0.2, 0.25) is 0 Å². The molecular formula is C12H20ClN3O2S. The van der Waals surface area contributed by atoms with E-state index in [1.165, 1.54) is 4.31 Å². The van der Waals surface area contributed by atoms with E-state index in [1.54, 1.807) is 6.92 Å². The first-order valence-corrected chi connectivity index (χ1v) is 8.45. The standard InChI is InChI=1S/C12H20ClN3O2S/c1-8(2)10-4-5-16(7-10)19(17,18)12-11(6-13)9(3)14-15-12/h8,10H,4-7H2,1-3H3,(H,14,15). The lowest BCUT2D eigenvalue weighted by molar-refractivity contribution is 0.388. The van der Waals surface area contributed by atoms with Crippen LogP contribution in [0.15, 0.2) is 5.03 Å². The van der Waals surface area contributed by atoms with Crippen molar-refractivity contribution in [3.05, 3.63) is 11.3 Å². The van der Waals surface area contributed by atoms with Crippen LogP contribution in [0.2, 0.25) is 0 Å². The fraction of sp³-hybridized carbons (Fsp3) is 0.750. The van der Waals surface area contributed by atoms with E-state index in [0.29, 0.717) is 36.2 Å². The Kier molecular flexibility index (Phi) is 4.23. The van der Waals surface area contributed by atoms with Crippen LogP contribution in [0.1, 0.15) is 31.5 Å². The largest absolute Gasteiger partial charge is 0.281 e. The molecule has 7 heteroatoms. The third-order valence-corrected chi connectivity index (χ3v) is 5.99. The summed E-state index contributed by atoms with van der Waals surface area (Å²) in [5.41, 5.74) is 1.29.